The molecule has 0 spiro atoms. The van der Waals surface area contributed by atoms with E-state index < -0.39 is 29.5 Å². The minimum absolute atomic E-state index is 0.0953. The lowest BCUT2D eigenvalue weighted by atomic mass is 10.1. The summed E-state index contributed by atoms with van der Waals surface area (Å²) in [4.78, 5) is 46.1. The molecular formula is C36H44N4O6. The second-order valence-corrected chi connectivity index (χ2v) is 11.3. The van der Waals surface area contributed by atoms with Crippen LogP contribution in [0, 0.1) is 5.92 Å². The first-order chi connectivity index (χ1) is 22.3. The highest BCUT2D eigenvalue weighted by atomic mass is 16.5. The van der Waals surface area contributed by atoms with E-state index in [0.717, 1.165) is 35.9 Å². The van der Waals surface area contributed by atoms with Gasteiger partial charge in [-0.2, -0.15) is 0 Å². The maximum atomic E-state index is 13.7. The number of rotatable bonds is 17. The number of nitrogens with one attached hydrogen (secondary N) is 2. The van der Waals surface area contributed by atoms with Gasteiger partial charge in [0.15, 0.2) is 0 Å². The molecule has 2 aromatic carbocycles. The van der Waals surface area contributed by atoms with Crippen LogP contribution >= 0.6 is 0 Å². The van der Waals surface area contributed by atoms with Crippen molar-refractivity contribution in [3.05, 3.63) is 79.9 Å². The van der Waals surface area contributed by atoms with E-state index in [1.165, 1.54) is 0 Å². The summed E-state index contributed by atoms with van der Waals surface area (Å²) in [6, 6.07) is 15.8. The Hall–Kier alpha value is -4.86. The first kappa shape index (κ1) is 34.0. The van der Waals surface area contributed by atoms with Crippen molar-refractivity contribution in [2.24, 2.45) is 5.92 Å². The van der Waals surface area contributed by atoms with E-state index in [1.54, 1.807) is 32.1 Å². The molecule has 10 nitrogen and oxygen atoms in total. The van der Waals surface area contributed by atoms with Crippen molar-refractivity contribution < 1.29 is 28.6 Å². The predicted molar refractivity (Wildman–Crippen MR) is 179 cm³/mol. The first-order valence-electron chi connectivity index (χ1n) is 15.7. The first-order valence-corrected chi connectivity index (χ1v) is 15.7. The van der Waals surface area contributed by atoms with E-state index in [0.29, 0.717) is 30.0 Å². The normalized spacial score (nSPS) is 17.3. The van der Waals surface area contributed by atoms with Crippen LogP contribution in [0.3, 0.4) is 0 Å². The number of carbonyl (C=O) groups excluding carboxylic acids is 3. The molecule has 4 rings (SSSR count). The number of ether oxygens (including phenoxy) is 3. The van der Waals surface area contributed by atoms with E-state index in [2.05, 4.69) is 23.8 Å². The lowest BCUT2D eigenvalue weighted by Gasteiger charge is -2.25. The molecule has 46 heavy (non-hydrogen) atoms. The molecule has 10 heteroatoms. The van der Waals surface area contributed by atoms with Gasteiger partial charge in [-0.1, -0.05) is 42.5 Å². The molecule has 3 amide bonds. The van der Waals surface area contributed by atoms with Gasteiger partial charge in [0.1, 0.15) is 23.1 Å². The SMILES string of the molecule is C=CCCCCN(C)C(=O)N[C@@H](CCOc1cc(-c2ccccc2)nc2cc(OC)ccc12)C(=O)N[C@]1(C(=O)OCC)C[C@H]1C=C. The van der Waals surface area contributed by atoms with Gasteiger partial charge in [0.05, 0.1) is 31.5 Å². The van der Waals surface area contributed by atoms with Crippen LogP contribution < -0.4 is 20.1 Å². The average molecular weight is 629 g/mol. The van der Waals surface area contributed by atoms with Crippen molar-refractivity contribution in [1.82, 2.24) is 20.5 Å². The molecule has 1 saturated carbocycles. The smallest absolute Gasteiger partial charge is 0.332 e. The third-order valence-corrected chi connectivity index (χ3v) is 8.11. The molecule has 1 aliphatic rings. The third kappa shape index (κ3) is 8.24. The number of nitrogens with zero attached hydrogens (tertiary/aromatic N) is 2. The van der Waals surface area contributed by atoms with Crippen molar-refractivity contribution in [2.45, 2.75) is 50.6 Å². The molecule has 3 aromatic rings. The number of esters is 1. The van der Waals surface area contributed by atoms with E-state index in [4.69, 9.17) is 19.2 Å². The van der Waals surface area contributed by atoms with Crippen LogP contribution in [0.2, 0.25) is 0 Å². The number of benzene rings is 2. The van der Waals surface area contributed by atoms with Crippen LogP contribution in [-0.2, 0) is 14.3 Å². The molecule has 1 aliphatic carbocycles. The highest BCUT2D eigenvalue weighted by Crippen LogP contribution is 2.45. The van der Waals surface area contributed by atoms with E-state index in [-0.39, 0.29) is 25.6 Å². The molecule has 0 unspecified atom stereocenters. The zero-order chi connectivity index (χ0) is 33.1. The Morgan fingerprint density at radius 1 is 1.13 bits per heavy atom. The molecule has 1 aromatic heterocycles. The van der Waals surface area contributed by atoms with E-state index >= 15 is 0 Å². The predicted octanol–water partition coefficient (Wildman–Crippen LogP) is 5.67. The summed E-state index contributed by atoms with van der Waals surface area (Å²) in [5.74, 6) is -0.0251. The van der Waals surface area contributed by atoms with Crippen LogP contribution in [0.1, 0.15) is 39.0 Å². The number of pyridine rings is 1. The zero-order valence-corrected chi connectivity index (χ0v) is 26.9. The zero-order valence-electron chi connectivity index (χ0n) is 26.9. The summed E-state index contributed by atoms with van der Waals surface area (Å²) >= 11 is 0. The van der Waals surface area contributed by atoms with Gasteiger partial charge in [-0.3, -0.25) is 4.79 Å². The van der Waals surface area contributed by atoms with Gasteiger partial charge < -0.3 is 29.7 Å². The van der Waals surface area contributed by atoms with Gasteiger partial charge in [-0.25, -0.2) is 14.6 Å². The van der Waals surface area contributed by atoms with Crippen molar-refractivity contribution in [2.75, 3.05) is 33.9 Å². The highest BCUT2D eigenvalue weighted by Gasteiger charge is 2.61. The fourth-order valence-electron chi connectivity index (χ4n) is 5.30. The van der Waals surface area contributed by atoms with Crippen molar-refractivity contribution in [3.63, 3.8) is 0 Å². The van der Waals surface area contributed by atoms with Crippen LogP contribution in [0.15, 0.2) is 79.9 Å². The molecule has 0 bridgehead atoms. The fraction of sp³-hybridized carbons (Fsp3) is 0.389. The topological polar surface area (TPSA) is 119 Å². The largest absolute Gasteiger partial charge is 0.497 e. The molecule has 3 atom stereocenters. The fourth-order valence-corrected chi connectivity index (χ4v) is 5.30. The number of aromatic nitrogens is 1. The Labute approximate surface area is 270 Å². The second-order valence-electron chi connectivity index (χ2n) is 11.3. The van der Waals surface area contributed by atoms with Gasteiger partial charge in [0.25, 0.3) is 0 Å². The summed E-state index contributed by atoms with van der Waals surface area (Å²) < 4.78 is 17.0. The number of amides is 3. The van der Waals surface area contributed by atoms with Crippen LogP contribution in [0.4, 0.5) is 4.79 Å². The minimum Gasteiger partial charge on any atom is -0.497 e. The summed E-state index contributed by atoms with van der Waals surface area (Å²) in [6.07, 6.45) is 6.57. The number of methoxy groups -OCH3 is 1. The minimum atomic E-state index is -1.19. The Morgan fingerprint density at radius 3 is 2.59 bits per heavy atom. The lowest BCUT2D eigenvalue weighted by Crippen LogP contribution is -2.56. The Balaban J connectivity index is 1.55. The number of hydrogen-bond acceptors (Lipinski definition) is 7. The molecule has 244 valence electrons. The van der Waals surface area contributed by atoms with Crippen molar-refractivity contribution in [3.8, 4) is 22.8 Å². The summed E-state index contributed by atoms with van der Waals surface area (Å²) in [5, 5.41) is 6.50. The van der Waals surface area contributed by atoms with Crippen molar-refractivity contribution in [1.29, 1.82) is 0 Å². The Morgan fingerprint density at radius 2 is 1.91 bits per heavy atom. The number of hydrogen-bond donors (Lipinski definition) is 2. The van der Waals surface area contributed by atoms with Gasteiger partial charge in [-0.15, -0.1) is 13.2 Å². The molecule has 2 N–H and O–H groups in total. The quantitative estimate of drug-likeness (QED) is 0.112. The van der Waals surface area contributed by atoms with E-state index in [9.17, 15) is 14.4 Å². The monoisotopic (exact) mass is 628 g/mol. The average Bonchev–Trinajstić information content (AvgIpc) is 3.79. The molecule has 0 aliphatic heterocycles. The number of fused-ring (bicyclic) bond motifs is 1. The van der Waals surface area contributed by atoms with Crippen LogP contribution in [-0.4, -0.2) is 73.3 Å². The maximum absolute atomic E-state index is 13.7. The molecule has 0 radical (unpaired) electrons. The molecule has 1 fully saturated rings. The third-order valence-electron chi connectivity index (χ3n) is 8.11. The Kier molecular flexibility index (Phi) is 11.8. The molecular weight excluding hydrogens is 584 g/mol. The number of allylic oxidation sites excluding steroid dienone is 1. The Bertz CT molecular complexity index is 1540. The van der Waals surface area contributed by atoms with Gasteiger partial charge in [-0.05, 0) is 44.7 Å². The number of carbonyl (C=O) groups is 3. The van der Waals surface area contributed by atoms with Crippen molar-refractivity contribution >= 4 is 28.8 Å². The van der Waals surface area contributed by atoms with Gasteiger partial charge in [0.2, 0.25) is 5.91 Å². The summed E-state index contributed by atoms with van der Waals surface area (Å²) in [5.41, 5.74) is 1.14. The second kappa shape index (κ2) is 15.9. The van der Waals surface area contributed by atoms with Gasteiger partial charge in [0, 0.05) is 49.0 Å². The van der Waals surface area contributed by atoms with Crippen LogP contribution in [0.5, 0.6) is 11.5 Å². The molecule has 1 heterocycles. The van der Waals surface area contributed by atoms with Gasteiger partial charge >= 0.3 is 12.0 Å². The van der Waals surface area contributed by atoms with Crippen LogP contribution in [0.25, 0.3) is 22.2 Å². The lowest BCUT2D eigenvalue weighted by molar-refractivity contribution is -0.149. The number of urea groups is 1. The summed E-state index contributed by atoms with van der Waals surface area (Å²) in [7, 11) is 3.29. The maximum Gasteiger partial charge on any atom is 0.332 e. The van der Waals surface area contributed by atoms with E-state index in [1.807, 2.05) is 60.7 Å². The standard InChI is InChI=1S/C36H44N4O6/c1-6-9-10-14-20-40(4)35(43)38-29(33(41)39-36(24-26(36)7-2)34(42)45-8-3)19-21-46-32-23-30(25-15-12-11-13-16-25)37-31-22-27(44-5)17-18-28(31)32/h6-7,11-13,15-18,22-23,26,29H,1-2,8-10,14,19-21,24H2,3-5H3,(H,38,43)(H,39,41)/t26-,29+,36-/m1/s1. The molecule has 0 saturated heterocycles. The summed E-state index contributed by atoms with van der Waals surface area (Å²) in [6.45, 7) is 10.0. The number of unbranched alkanes of at least 4 members (excludes halogenated alkanes) is 2. The highest BCUT2D eigenvalue weighted by molar-refractivity contribution is 5.95.